The van der Waals surface area contributed by atoms with Gasteiger partial charge in [-0.15, -0.1) is 0 Å². The third-order valence-electron chi connectivity index (χ3n) is 1.59. The Balaban J connectivity index is 0.00000106. The maximum absolute atomic E-state index is 12.4. The highest BCUT2D eigenvalue weighted by molar-refractivity contribution is 5.32. The van der Waals surface area contributed by atoms with Crippen molar-refractivity contribution in [1.29, 1.82) is 0 Å². The summed E-state index contributed by atoms with van der Waals surface area (Å²) >= 11 is 0. The van der Waals surface area contributed by atoms with Crippen molar-refractivity contribution in [3.63, 3.8) is 0 Å². The fourth-order valence-corrected chi connectivity index (χ4v) is 0.862. The first-order valence-corrected chi connectivity index (χ1v) is 4.84. The number of halogens is 4. The number of ether oxygens (including phenoxy) is 1. The van der Waals surface area contributed by atoms with E-state index in [9.17, 15) is 17.6 Å². The van der Waals surface area contributed by atoms with Gasteiger partial charge in [-0.25, -0.2) is 0 Å². The average Bonchev–Trinajstić information content (AvgIpc) is 2.24. The third kappa shape index (κ3) is 4.08. The molecule has 0 aliphatic heterocycles. The number of rotatable bonds is 3. The molecule has 5 heteroatoms. The number of alkyl halides is 4. The Morgan fingerprint density at radius 3 is 2.06 bits per heavy atom. The van der Waals surface area contributed by atoms with Crippen LogP contribution in [0.4, 0.5) is 17.6 Å². The summed E-state index contributed by atoms with van der Waals surface area (Å²) < 4.78 is 52.3. The minimum atomic E-state index is -4.44. The van der Waals surface area contributed by atoms with Crippen LogP contribution in [0.3, 0.4) is 0 Å². The summed E-state index contributed by atoms with van der Waals surface area (Å²) in [6.45, 7) is 5.50. The number of aryl methyl sites for hydroxylation is 1. The first kappa shape index (κ1) is 14.7. The molecule has 1 aromatic rings. The molecule has 0 aliphatic rings. The van der Waals surface area contributed by atoms with Crippen LogP contribution >= 0.6 is 0 Å². The van der Waals surface area contributed by atoms with Gasteiger partial charge in [0.05, 0.1) is 0 Å². The molecule has 0 unspecified atom stereocenters. The van der Waals surface area contributed by atoms with E-state index < -0.39 is 12.5 Å². The standard InChI is InChI=1S/C9H8F4O.C2H6/c1-6-4-2-3-5-7(6)14-9(12,13)8(10)11;1-2/h2-5,8H,1H3;1-2H3. The summed E-state index contributed by atoms with van der Waals surface area (Å²) in [4.78, 5) is 0. The maximum Gasteiger partial charge on any atom is 0.461 e. The Bertz CT molecular complexity index is 313. The molecule has 16 heavy (non-hydrogen) atoms. The van der Waals surface area contributed by atoms with Gasteiger partial charge in [-0.2, -0.15) is 17.6 Å². The molecule has 0 aromatic heterocycles. The van der Waals surface area contributed by atoms with Crippen LogP contribution in [0.5, 0.6) is 5.75 Å². The molecule has 0 saturated carbocycles. The van der Waals surface area contributed by atoms with Crippen LogP contribution < -0.4 is 4.74 Å². The van der Waals surface area contributed by atoms with E-state index >= 15 is 0 Å². The molecule has 0 amide bonds. The van der Waals surface area contributed by atoms with Gasteiger partial charge in [0.1, 0.15) is 5.75 Å². The van der Waals surface area contributed by atoms with Gasteiger partial charge >= 0.3 is 12.5 Å². The Hall–Kier alpha value is -1.26. The quantitative estimate of drug-likeness (QED) is 0.715. The second-order valence-corrected chi connectivity index (χ2v) is 2.73. The normalized spacial score (nSPS) is 10.8. The fourth-order valence-electron chi connectivity index (χ4n) is 0.862. The van der Waals surface area contributed by atoms with E-state index in [0.29, 0.717) is 5.56 Å². The van der Waals surface area contributed by atoms with Crippen LogP contribution in [0.25, 0.3) is 0 Å². The second kappa shape index (κ2) is 6.35. The lowest BCUT2D eigenvalue weighted by Crippen LogP contribution is -2.33. The van der Waals surface area contributed by atoms with E-state index in [0.717, 1.165) is 0 Å². The van der Waals surface area contributed by atoms with Crippen LogP contribution in [0.1, 0.15) is 19.4 Å². The summed E-state index contributed by atoms with van der Waals surface area (Å²) in [5, 5.41) is 0. The van der Waals surface area contributed by atoms with Crippen LogP contribution in [0.2, 0.25) is 0 Å². The predicted octanol–water partition coefficient (Wildman–Crippen LogP) is 4.26. The van der Waals surface area contributed by atoms with Crippen molar-refractivity contribution in [2.24, 2.45) is 0 Å². The van der Waals surface area contributed by atoms with Gasteiger partial charge in [-0.1, -0.05) is 32.0 Å². The van der Waals surface area contributed by atoms with E-state index in [4.69, 9.17) is 0 Å². The molecule has 0 atom stereocenters. The lowest BCUT2D eigenvalue weighted by Gasteiger charge is -2.17. The largest absolute Gasteiger partial charge is 0.461 e. The molecule has 0 bridgehead atoms. The molecule has 0 fully saturated rings. The van der Waals surface area contributed by atoms with Crippen LogP contribution in [0.15, 0.2) is 24.3 Å². The van der Waals surface area contributed by atoms with Crippen molar-refractivity contribution < 1.29 is 22.3 Å². The number of hydrogen-bond donors (Lipinski definition) is 0. The molecule has 0 radical (unpaired) electrons. The van der Waals surface area contributed by atoms with Crippen LogP contribution in [0, 0.1) is 6.92 Å². The molecule has 1 nitrogen and oxygen atoms in total. The summed E-state index contributed by atoms with van der Waals surface area (Å²) in [6, 6.07) is 5.75. The minimum Gasteiger partial charge on any atom is -0.428 e. The fraction of sp³-hybridized carbons (Fsp3) is 0.455. The molecular formula is C11H14F4O. The van der Waals surface area contributed by atoms with Crippen molar-refractivity contribution in [2.45, 2.75) is 33.3 Å². The first-order chi connectivity index (χ1) is 7.43. The van der Waals surface area contributed by atoms with E-state index in [2.05, 4.69) is 4.74 Å². The van der Waals surface area contributed by atoms with Gasteiger partial charge in [-0.05, 0) is 18.6 Å². The van der Waals surface area contributed by atoms with E-state index in [1.165, 1.54) is 25.1 Å². The molecular weight excluding hydrogens is 224 g/mol. The zero-order valence-corrected chi connectivity index (χ0v) is 9.31. The van der Waals surface area contributed by atoms with Crippen LogP contribution in [-0.4, -0.2) is 12.5 Å². The van der Waals surface area contributed by atoms with Gasteiger partial charge < -0.3 is 4.74 Å². The van der Waals surface area contributed by atoms with Gasteiger partial charge in [0.15, 0.2) is 0 Å². The zero-order valence-electron chi connectivity index (χ0n) is 9.31. The van der Waals surface area contributed by atoms with Gasteiger partial charge in [-0.3, -0.25) is 0 Å². The van der Waals surface area contributed by atoms with Crippen molar-refractivity contribution in [3.8, 4) is 5.75 Å². The van der Waals surface area contributed by atoms with E-state index in [1.54, 1.807) is 6.07 Å². The second-order valence-electron chi connectivity index (χ2n) is 2.73. The topological polar surface area (TPSA) is 9.23 Å². The Kier molecular flexibility index (Phi) is 5.85. The third-order valence-corrected chi connectivity index (χ3v) is 1.59. The highest BCUT2D eigenvalue weighted by Gasteiger charge is 2.44. The van der Waals surface area contributed by atoms with Crippen molar-refractivity contribution in [1.82, 2.24) is 0 Å². The SMILES string of the molecule is CC.Cc1ccccc1OC(F)(F)C(F)F. The number of para-hydroxylation sites is 1. The monoisotopic (exact) mass is 238 g/mol. The molecule has 0 heterocycles. The van der Waals surface area contributed by atoms with Crippen molar-refractivity contribution in [2.75, 3.05) is 0 Å². The number of benzene rings is 1. The highest BCUT2D eigenvalue weighted by atomic mass is 19.3. The molecule has 0 aliphatic carbocycles. The molecule has 0 saturated heterocycles. The smallest absolute Gasteiger partial charge is 0.428 e. The Morgan fingerprint density at radius 2 is 1.62 bits per heavy atom. The maximum atomic E-state index is 12.4. The summed E-state index contributed by atoms with van der Waals surface area (Å²) in [5.41, 5.74) is 0.382. The molecule has 1 rings (SSSR count). The molecule has 0 spiro atoms. The first-order valence-electron chi connectivity index (χ1n) is 4.84. The summed E-state index contributed by atoms with van der Waals surface area (Å²) in [6.07, 6.45) is -8.27. The van der Waals surface area contributed by atoms with Gasteiger partial charge in [0, 0.05) is 0 Å². The average molecular weight is 238 g/mol. The highest BCUT2D eigenvalue weighted by Crippen LogP contribution is 2.29. The van der Waals surface area contributed by atoms with Gasteiger partial charge in [0.25, 0.3) is 0 Å². The summed E-state index contributed by atoms with van der Waals surface area (Å²) in [7, 11) is 0. The number of hydrogen-bond acceptors (Lipinski definition) is 1. The van der Waals surface area contributed by atoms with Crippen molar-refractivity contribution in [3.05, 3.63) is 29.8 Å². The van der Waals surface area contributed by atoms with Crippen molar-refractivity contribution >= 4 is 0 Å². The minimum absolute atomic E-state index is 0.238. The lowest BCUT2D eigenvalue weighted by atomic mass is 10.2. The Morgan fingerprint density at radius 1 is 1.12 bits per heavy atom. The molecule has 1 aromatic carbocycles. The molecule has 0 N–H and O–H groups in total. The van der Waals surface area contributed by atoms with Gasteiger partial charge in [0.2, 0.25) is 0 Å². The zero-order chi connectivity index (χ0) is 12.8. The van der Waals surface area contributed by atoms with E-state index in [-0.39, 0.29) is 5.75 Å². The Labute approximate surface area is 92.0 Å². The van der Waals surface area contributed by atoms with Crippen LogP contribution in [-0.2, 0) is 0 Å². The summed E-state index contributed by atoms with van der Waals surface area (Å²) in [5.74, 6) is -0.238. The molecule has 92 valence electrons. The van der Waals surface area contributed by atoms with E-state index in [1.807, 2.05) is 13.8 Å². The lowest BCUT2D eigenvalue weighted by molar-refractivity contribution is -0.253. The predicted molar refractivity (Wildman–Crippen MR) is 54.1 cm³/mol.